The van der Waals surface area contributed by atoms with E-state index in [0.717, 1.165) is 22.4 Å². The minimum atomic E-state index is -0.228. The predicted molar refractivity (Wildman–Crippen MR) is 71.8 cm³/mol. The van der Waals surface area contributed by atoms with Crippen molar-refractivity contribution >= 4 is 27.5 Å². The highest BCUT2D eigenvalue weighted by molar-refractivity contribution is 9.10. The van der Waals surface area contributed by atoms with E-state index in [-0.39, 0.29) is 5.38 Å². The molecule has 90 valence electrons. The van der Waals surface area contributed by atoms with Gasteiger partial charge in [0, 0.05) is 5.56 Å². The Morgan fingerprint density at radius 1 is 1.29 bits per heavy atom. The normalized spacial score (nSPS) is 12.5. The summed E-state index contributed by atoms with van der Waals surface area (Å²) in [4.78, 5) is 0. The first-order valence-corrected chi connectivity index (χ1v) is 6.38. The quantitative estimate of drug-likeness (QED) is 0.767. The first kappa shape index (κ1) is 12.5. The molecule has 0 amide bonds. The van der Waals surface area contributed by atoms with E-state index in [9.17, 15) is 0 Å². The van der Waals surface area contributed by atoms with Crippen LogP contribution in [0, 0.1) is 6.92 Å². The average Bonchev–Trinajstić information content (AvgIpc) is 2.74. The maximum Gasteiger partial charge on any atom is 0.173 e. The van der Waals surface area contributed by atoms with Gasteiger partial charge in [0.2, 0.25) is 0 Å². The molecule has 2 rings (SSSR count). The van der Waals surface area contributed by atoms with Crippen LogP contribution in [0.1, 0.15) is 22.1 Å². The lowest BCUT2D eigenvalue weighted by atomic mass is 10.0. The number of alkyl halides is 1. The number of furan rings is 1. The molecule has 4 heteroatoms. The number of halogens is 2. The molecular weight excluding hydrogens is 303 g/mol. The Bertz CT molecular complexity index is 522. The molecule has 0 saturated carbocycles. The van der Waals surface area contributed by atoms with Crippen LogP contribution in [0.15, 0.2) is 39.6 Å². The van der Waals surface area contributed by atoms with Crippen LogP contribution in [0.5, 0.6) is 5.75 Å². The number of methoxy groups -OCH3 is 1. The van der Waals surface area contributed by atoms with Gasteiger partial charge in [-0.05, 0) is 52.2 Å². The van der Waals surface area contributed by atoms with E-state index in [4.69, 9.17) is 20.8 Å². The van der Waals surface area contributed by atoms with Crippen molar-refractivity contribution in [3.8, 4) is 5.75 Å². The SMILES string of the molecule is COc1ccc(C(Cl)c2ccoc2Br)c(C)c1. The Morgan fingerprint density at radius 2 is 2.06 bits per heavy atom. The summed E-state index contributed by atoms with van der Waals surface area (Å²) in [5.41, 5.74) is 3.08. The number of benzene rings is 1. The summed E-state index contributed by atoms with van der Waals surface area (Å²) in [6.45, 7) is 2.02. The van der Waals surface area contributed by atoms with Crippen LogP contribution >= 0.6 is 27.5 Å². The van der Waals surface area contributed by atoms with Crippen LogP contribution in [-0.2, 0) is 0 Å². The van der Waals surface area contributed by atoms with E-state index in [2.05, 4.69) is 15.9 Å². The van der Waals surface area contributed by atoms with Crippen molar-refractivity contribution in [2.24, 2.45) is 0 Å². The molecule has 0 saturated heterocycles. The van der Waals surface area contributed by atoms with Gasteiger partial charge in [-0.3, -0.25) is 0 Å². The summed E-state index contributed by atoms with van der Waals surface area (Å²) in [6, 6.07) is 7.72. The number of aryl methyl sites for hydroxylation is 1. The Kier molecular flexibility index (Phi) is 3.79. The van der Waals surface area contributed by atoms with Crippen LogP contribution in [-0.4, -0.2) is 7.11 Å². The van der Waals surface area contributed by atoms with Crippen LogP contribution in [0.3, 0.4) is 0 Å². The number of ether oxygens (including phenoxy) is 1. The Balaban J connectivity index is 2.38. The molecule has 0 bridgehead atoms. The summed E-state index contributed by atoms with van der Waals surface area (Å²) < 4.78 is 11.0. The topological polar surface area (TPSA) is 22.4 Å². The summed E-state index contributed by atoms with van der Waals surface area (Å²) in [6.07, 6.45) is 1.62. The van der Waals surface area contributed by atoms with Gasteiger partial charge < -0.3 is 9.15 Å². The van der Waals surface area contributed by atoms with Crippen molar-refractivity contribution in [3.63, 3.8) is 0 Å². The Morgan fingerprint density at radius 3 is 2.59 bits per heavy atom. The van der Waals surface area contributed by atoms with Crippen molar-refractivity contribution in [3.05, 3.63) is 51.9 Å². The molecule has 0 spiro atoms. The van der Waals surface area contributed by atoms with Gasteiger partial charge in [0.1, 0.15) is 5.75 Å². The summed E-state index contributed by atoms with van der Waals surface area (Å²) in [7, 11) is 1.65. The molecule has 0 aliphatic carbocycles. The van der Waals surface area contributed by atoms with Gasteiger partial charge in [-0.2, -0.15) is 0 Å². The number of hydrogen-bond donors (Lipinski definition) is 0. The lowest BCUT2D eigenvalue weighted by Crippen LogP contribution is -1.96. The van der Waals surface area contributed by atoms with E-state index >= 15 is 0 Å². The Labute approximate surface area is 114 Å². The molecule has 0 fully saturated rings. The highest BCUT2D eigenvalue weighted by atomic mass is 79.9. The number of rotatable bonds is 3. The van der Waals surface area contributed by atoms with Gasteiger partial charge in [0.05, 0.1) is 18.8 Å². The lowest BCUT2D eigenvalue weighted by molar-refractivity contribution is 0.414. The highest BCUT2D eigenvalue weighted by Gasteiger charge is 2.18. The Hall–Kier alpha value is -0.930. The third-order valence-electron chi connectivity index (χ3n) is 2.67. The van der Waals surface area contributed by atoms with Crippen LogP contribution in [0.2, 0.25) is 0 Å². The van der Waals surface area contributed by atoms with E-state index in [1.54, 1.807) is 13.4 Å². The first-order valence-electron chi connectivity index (χ1n) is 5.15. The van der Waals surface area contributed by atoms with Gasteiger partial charge in [0.25, 0.3) is 0 Å². The summed E-state index contributed by atoms with van der Waals surface area (Å²) >= 11 is 9.79. The monoisotopic (exact) mass is 314 g/mol. The molecule has 2 nitrogen and oxygen atoms in total. The molecule has 17 heavy (non-hydrogen) atoms. The minimum Gasteiger partial charge on any atom is -0.497 e. The van der Waals surface area contributed by atoms with Gasteiger partial charge in [-0.15, -0.1) is 11.6 Å². The fourth-order valence-electron chi connectivity index (χ4n) is 1.71. The molecule has 2 aromatic rings. The van der Waals surface area contributed by atoms with Crippen molar-refractivity contribution in [2.75, 3.05) is 7.11 Å². The van der Waals surface area contributed by atoms with E-state index in [0.29, 0.717) is 4.67 Å². The minimum absolute atomic E-state index is 0.228. The van der Waals surface area contributed by atoms with Crippen LogP contribution < -0.4 is 4.74 Å². The van der Waals surface area contributed by atoms with Crippen molar-refractivity contribution < 1.29 is 9.15 Å². The fourth-order valence-corrected chi connectivity index (χ4v) is 2.73. The zero-order valence-corrected chi connectivity index (χ0v) is 11.9. The zero-order valence-electron chi connectivity index (χ0n) is 9.54. The molecule has 1 aromatic carbocycles. The largest absolute Gasteiger partial charge is 0.497 e. The molecule has 0 radical (unpaired) electrons. The van der Waals surface area contributed by atoms with E-state index in [1.807, 2.05) is 31.2 Å². The molecule has 1 aromatic heterocycles. The highest BCUT2D eigenvalue weighted by Crippen LogP contribution is 2.36. The van der Waals surface area contributed by atoms with Crippen LogP contribution in [0.25, 0.3) is 0 Å². The molecule has 0 aliphatic rings. The van der Waals surface area contributed by atoms with Gasteiger partial charge in [0.15, 0.2) is 4.67 Å². The third kappa shape index (κ3) is 2.50. The first-order chi connectivity index (χ1) is 8.13. The molecular formula is C13H12BrClO2. The summed E-state index contributed by atoms with van der Waals surface area (Å²) in [5.74, 6) is 0.835. The number of hydrogen-bond acceptors (Lipinski definition) is 2. The van der Waals surface area contributed by atoms with E-state index in [1.165, 1.54) is 0 Å². The standard InChI is InChI=1S/C13H12BrClO2/c1-8-7-9(16-2)3-4-10(8)12(15)11-5-6-17-13(11)14/h3-7,12H,1-2H3. The maximum atomic E-state index is 6.45. The predicted octanol–water partition coefficient (Wildman–Crippen LogP) is 4.69. The molecule has 0 N–H and O–H groups in total. The van der Waals surface area contributed by atoms with Gasteiger partial charge in [-0.1, -0.05) is 6.07 Å². The molecule has 1 heterocycles. The third-order valence-corrected chi connectivity index (χ3v) is 3.78. The smallest absolute Gasteiger partial charge is 0.173 e. The second-order valence-corrected chi connectivity index (χ2v) is 4.89. The fraction of sp³-hybridized carbons (Fsp3) is 0.231. The van der Waals surface area contributed by atoms with Crippen LogP contribution in [0.4, 0.5) is 0 Å². The summed E-state index contributed by atoms with van der Waals surface area (Å²) in [5, 5.41) is -0.228. The molecule has 1 atom stereocenters. The molecule has 0 aliphatic heterocycles. The van der Waals surface area contributed by atoms with E-state index < -0.39 is 0 Å². The van der Waals surface area contributed by atoms with Crippen molar-refractivity contribution in [1.29, 1.82) is 0 Å². The second-order valence-electron chi connectivity index (χ2n) is 3.73. The maximum absolute atomic E-state index is 6.45. The van der Waals surface area contributed by atoms with Gasteiger partial charge >= 0.3 is 0 Å². The second kappa shape index (κ2) is 5.15. The van der Waals surface area contributed by atoms with Crippen molar-refractivity contribution in [1.82, 2.24) is 0 Å². The zero-order chi connectivity index (χ0) is 12.4. The van der Waals surface area contributed by atoms with Crippen molar-refractivity contribution in [2.45, 2.75) is 12.3 Å². The lowest BCUT2D eigenvalue weighted by Gasteiger charge is -2.12. The van der Waals surface area contributed by atoms with Gasteiger partial charge in [-0.25, -0.2) is 0 Å². The average molecular weight is 316 g/mol. The molecule has 1 unspecified atom stereocenters.